The topological polar surface area (TPSA) is 46.2 Å². The lowest BCUT2D eigenvalue weighted by atomic mass is 10.0. The first-order chi connectivity index (χ1) is 7.39. The third-order valence-corrected chi connectivity index (χ3v) is 5.24. The molecule has 0 aromatic carbocycles. The van der Waals surface area contributed by atoms with Crippen LogP contribution in [0.2, 0.25) is 0 Å². The maximum absolute atomic E-state index is 11.4. The summed E-state index contributed by atoms with van der Waals surface area (Å²) in [7, 11) is -2.77. The predicted molar refractivity (Wildman–Crippen MR) is 68.4 cm³/mol. The highest BCUT2D eigenvalue weighted by molar-refractivity contribution is 7.91. The zero-order valence-electron chi connectivity index (χ0n) is 10.8. The lowest BCUT2D eigenvalue weighted by molar-refractivity contribution is 0.402. The number of sulfone groups is 1. The molecule has 1 fully saturated rings. The Morgan fingerprint density at radius 2 is 1.94 bits per heavy atom. The maximum atomic E-state index is 11.4. The molecule has 1 saturated carbocycles. The Morgan fingerprint density at radius 3 is 2.38 bits per heavy atom. The van der Waals surface area contributed by atoms with E-state index in [0.717, 1.165) is 19.4 Å². The van der Waals surface area contributed by atoms with Gasteiger partial charge in [0.15, 0.2) is 0 Å². The van der Waals surface area contributed by atoms with Crippen LogP contribution in [0.15, 0.2) is 0 Å². The molecule has 0 radical (unpaired) electrons. The average molecular weight is 247 g/mol. The first-order valence-corrected chi connectivity index (χ1v) is 8.15. The van der Waals surface area contributed by atoms with Crippen LogP contribution < -0.4 is 5.32 Å². The molecule has 1 aliphatic carbocycles. The summed E-state index contributed by atoms with van der Waals surface area (Å²) in [4.78, 5) is 0. The van der Waals surface area contributed by atoms with Crippen molar-refractivity contribution >= 4 is 9.84 Å². The smallest absolute Gasteiger partial charge is 0.150 e. The Hall–Kier alpha value is -0.0900. The number of hydrogen-bond donors (Lipinski definition) is 1. The second kappa shape index (κ2) is 5.50. The molecule has 0 heterocycles. The van der Waals surface area contributed by atoms with Crippen molar-refractivity contribution in [3.63, 3.8) is 0 Å². The third-order valence-electron chi connectivity index (χ3n) is 3.44. The van der Waals surface area contributed by atoms with Crippen molar-refractivity contribution in [3.8, 4) is 0 Å². The van der Waals surface area contributed by atoms with Crippen LogP contribution in [0.5, 0.6) is 0 Å². The van der Waals surface area contributed by atoms with E-state index in [1.807, 2.05) is 0 Å². The molecule has 1 rings (SSSR count). The van der Waals surface area contributed by atoms with E-state index >= 15 is 0 Å². The lowest BCUT2D eigenvalue weighted by Gasteiger charge is -2.17. The molecule has 1 N–H and O–H groups in total. The van der Waals surface area contributed by atoms with Gasteiger partial charge in [-0.3, -0.25) is 0 Å². The van der Waals surface area contributed by atoms with Crippen molar-refractivity contribution in [2.45, 2.75) is 52.5 Å². The van der Waals surface area contributed by atoms with Crippen LogP contribution in [0.25, 0.3) is 0 Å². The normalized spacial score (nSPS) is 19.0. The van der Waals surface area contributed by atoms with Crippen molar-refractivity contribution in [2.24, 2.45) is 5.41 Å². The van der Waals surface area contributed by atoms with Crippen LogP contribution >= 0.6 is 0 Å². The van der Waals surface area contributed by atoms with Crippen molar-refractivity contribution in [2.75, 3.05) is 18.1 Å². The zero-order valence-corrected chi connectivity index (χ0v) is 11.6. The van der Waals surface area contributed by atoms with Crippen molar-refractivity contribution in [1.29, 1.82) is 0 Å². The summed E-state index contributed by atoms with van der Waals surface area (Å²) in [6.07, 6.45) is 4.42. The van der Waals surface area contributed by atoms with Gasteiger partial charge in [-0.05, 0) is 31.1 Å². The van der Waals surface area contributed by atoms with Gasteiger partial charge in [0, 0.05) is 18.3 Å². The highest BCUT2D eigenvalue weighted by Gasteiger charge is 2.41. The second-order valence-electron chi connectivity index (χ2n) is 5.38. The van der Waals surface area contributed by atoms with E-state index in [-0.39, 0.29) is 5.75 Å². The van der Waals surface area contributed by atoms with Gasteiger partial charge in [0.1, 0.15) is 9.84 Å². The van der Waals surface area contributed by atoms with Gasteiger partial charge in [-0.25, -0.2) is 8.42 Å². The van der Waals surface area contributed by atoms with Crippen LogP contribution in [-0.4, -0.2) is 32.5 Å². The first kappa shape index (κ1) is 14.0. The van der Waals surface area contributed by atoms with E-state index in [1.54, 1.807) is 6.92 Å². The Kier molecular flexibility index (Phi) is 4.80. The van der Waals surface area contributed by atoms with E-state index in [4.69, 9.17) is 0 Å². The summed E-state index contributed by atoms with van der Waals surface area (Å²) < 4.78 is 22.7. The van der Waals surface area contributed by atoms with E-state index < -0.39 is 9.84 Å². The largest absolute Gasteiger partial charge is 0.314 e. The Morgan fingerprint density at radius 1 is 1.31 bits per heavy atom. The van der Waals surface area contributed by atoms with Gasteiger partial charge in [0.25, 0.3) is 0 Å². The van der Waals surface area contributed by atoms with Crippen LogP contribution in [0.1, 0.15) is 46.5 Å². The summed E-state index contributed by atoms with van der Waals surface area (Å²) in [6, 6.07) is 0.525. The minimum absolute atomic E-state index is 0.282. The minimum Gasteiger partial charge on any atom is -0.314 e. The van der Waals surface area contributed by atoms with E-state index in [0.29, 0.717) is 17.2 Å². The zero-order chi connectivity index (χ0) is 12.2. The summed E-state index contributed by atoms with van der Waals surface area (Å²) in [5.41, 5.74) is 0.424. The monoisotopic (exact) mass is 247 g/mol. The molecule has 0 unspecified atom stereocenters. The molecule has 3 nitrogen and oxygen atoms in total. The fourth-order valence-electron chi connectivity index (χ4n) is 1.92. The lowest BCUT2D eigenvalue weighted by Crippen LogP contribution is -2.30. The molecule has 0 amide bonds. The molecule has 96 valence electrons. The van der Waals surface area contributed by atoms with Crippen LogP contribution in [0, 0.1) is 5.41 Å². The first-order valence-electron chi connectivity index (χ1n) is 6.33. The molecular formula is C12H25NO2S. The fourth-order valence-corrected chi connectivity index (χ4v) is 2.80. The van der Waals surface area contributed by atoms with Gasteiger partial charge in [-0.15, -0.1) is 0 Å². The molecule has 0 spiro atoms. The van der Waals surface area contributed by atoms with Crippen molar-refractivity contribution < 1.29 is 8.42 Å². The Labute approximate surface area is 99.9 Å². The molecule has 0 aliphatic heterocycles. The van der Waals surface area contributed by atoms with E-state index in [2.05, 4.69) is 19.2 Å². The van der Waals surface area contributed by atoms with E-state index in [9.17, 15) is 8.42 Å². The summed E-state index contributed by atoms with van der Waals surface area (Å²) >= 11 is 0. The second-order valence-corrected chi connectivity index (χ2v) is 7.85. The molecule has 16 heavy (non-hydrogen) atoms. The number of hydrogen-bond acceptors (Lipinski definition) is 3. The van der Waals surface area contributed by atoms with Crippen LogP contribution in [0.4, 0.5) is 0 Å². The Bertz CT molecular complexity index is 305. The van der Waals surface area contributed by atoms with Gasteiger partial charge in [-0.2, -0.15) is 0 Å². The molecule has 0 aromatic heterocycles. The van der Waals surface area contributed by atoms with Gasteiger partial charge in [0.05, 0.1) is 5.75 Å². The minimum atomic E-state index is -2.77. The molecule has 0 aromatic rings. The Balaban J connectivity index is 2.22. The summed E-state index contributed by atoms with van der Waals surface area (Å²) in [5, 5.41) is 3.46. The summed E-state index contributed by atoms with van der Waals surface area (Å²) in [6.45, 7) is 7.08. The molecule has 4 heteroatoms. The van der Waals surface area contributed by atoms with Gasteiger partial charge in [-0.1, -0.05) is 20.8 Å². The molecular weight excluding hydrogens is 222 g/mol. The standard InChI is InChI=1S/C12H25NO2S/c1-4-16(14,15)9-5-6-12(7-8-12)10-13-11(2)3/h11,13H,4-10H2,1-3H3. The van der Waals surface area contributed by atoms with Crippen LogP contribution in [0.3, 0.4) is 0 Å². The third kappa shape index (κ3) is 4.83. The molecule has 0 saturated heterocycles. The quantitative estimate of drug-likeness (QED) is 0.713. The van der Waals surface area contributed by atoms with Gasteiger partial charge in [0.2, 0.25) is 0 Å². The predicted octanol–water partition coefficient (Wildman–Crippen LogP) is 1.98. The van der Waals surface area contributed by atoms with Crippen molar-refractivity contribution in [1.82, 2.24) is 5.32 Å². The SMILES string of the molecule is CCS(=O)(=O)CCCC1(CNC(C)C)CC1. The molecule has 0 bridgehead atoms. The molecule has 0 atom stereocenters. The van der Waals surface area contributed by atoms with E-state index in [1.165, 1.54) is 12.8 Å². The fraction of sp³-hybridized carbons (Fsp3) is 1.00. The van der Waals surface area contributed by atoms with Gasteiger partial charge < -0.3 is 5.32 Å². The van der Waals surface area contributed by atoms with Crippen molar-refractivity contribution in [3.05, 3.63) is 0 Å². The van der Waals surface area contributed by atoms with Gasteiger partial charge >= 0.3 is 0 Å². The average Bonchev–Trinajstić information content (AvgIpc) is 2.96. The highest BCUT2D eigenvalue weighted by Crippen LogP contribution is 2.49. The maximum Gasteiger partial charge on any atom is 0.150 e. The van der Waals surface area contributed by atoms with Crippen LogP contribution in [-0.2, 0) is 9.84 Å². The summed E-state index contributed by atoms with van der Waals surface area (Å²) in [5.74, 6) is 0.650. The number of nitrogens with one attached hydrogen (secondary N) is 1. The number of rotatable bonds is 8. The highest BCUT2D eigenvalue weighted by atomic mass is 32.2. The molecule has 1 aliphatic rings.